The maximum atomic E-state index is 12.6. The summed E-state index contributed by atoms with van der Waals surface area (Å²) >= 11 is 11.9. The molecule has 0 aromatic heterocycles. The molecule has 0 spiro atoms. The van der Waals surface area contributed by atoms with Crippen LogP contribution < -0.4 is 5.73 Å². The lowest BCUT2D eigenvalue weighted by atomic mass is 9.84. The molecule has 1 fully saturated rings. The minimum Gasteiger partial charge on any atom is -0.341 e. The molecule has 2 rings (SSSR count). The first-order valence-electron chi connectivity index (χ1n) is 6.88. The van der Waals surface area contributed by atoms with Crippen LogP contribution >= 0.6 is 35.6 Å². The van der Waals surface area contributed by atoms with E-state index in [4.69, 9.17) is 28.9 Å². The van der Waals surface area contributed by atoms with E-state index < -0.39 is 0 Å². The van der Waals surface area contributed by atoms with Crippen LogP contribution in [0.5, 0.6) is 0 Å². The lowest BCUT2D eigenvalue weighted by molar-refractivity contribution is -0.140. The standard InChI is InChI=1S/C15H20Cl2N2O.ClH/c1-19(9-11-4-5-12(16)13(17)8-11)14(20)15(10-18)6-2-3-7-15;/h4-5,8H,2-3,6-7,9-10,18H2,1H3;1H. The molecule has 0 radical (unpaired) electrons. The zero-order valence-corrected chi connectivity index (χ0v) is 14.4. The Kier molecular flexibility index (Phi) is 6.79. The summed E-state index contributed by atoms with van der Waals surface area (Å²) in [6, 6.07) is 5.45. The molecule has 0 saturated heterocycles. The minimum atomic E-state index is -0.356. The minimum absolute atomic E-state index is 0. The molecular formula is C15H21Cl3N2O. The Labute approximate surface area is 142 Å². The van der Waals surface area contributed by atoms with Gasteiger partial charge in [0.1, 0.15) is 0 Å². The van der Waals surface area contributed by atoms with Gasteiger partial charge in [0, 0.05) is 20.1 Å². The number of hydrogen-bond acceptors (Lipinski definition) is 2. The van der Waals surface area contributed by atoms with Gasteiger partial charge in [-0.15, -0.1) is 12.4 Å². The molecule has 3 nitrogen and oxygen atoms in total. The first kappa shape index (κ1) is 18.6. The topological polar surface area (TPSA) is 46.3 Å². The van der Waals surface area contributed by atoms with Crippen molar-refractivity contribution in [3.8, 4) is 0 Å². The smallest absolute Gasteiger partial charge is 0.230 e. The van der Waals surface area contributed by atoms with Gasteiger partial charge in [0.2, 0.25) is 5.91 Å². The zero-order valence-electron chi connectivity index (χ0n) is 12.1. The lowest BCUT2D eigenvalue weighted by Gasteiger charge is -2.31. The molecular weight excluding hydrogens is 331 g/mol. The second kappa shape index (κ2) is 7.68. The highest BCUT2D eigenvalue weighted by Crippen LogP contribution is 2.38. The van der Waals surface area contributed by atoms with Crippen LogP contribution in [0.15, 0.2) is 18.2 Å². The fraction of sp³-hybridized carbons (Fsp3) is 0.533. The van der Waals surface area contributed by atoms with Crippen molar-refractivity contribution in [1.82, 2.24) is 4.90 Å². The maximum absolute atomic E-state index is 12.6. The van der Waals surface area contributed by atoms with E-state index in [1.54, 1.807) is 17.0 Å². The second-order valence-corrected chi connectivity index (χ2v) is 6.42. The van der Waals surface area contributed by atoms with E-state index in [1.165, 1.54) is 0 Å². The van der Waals surface area contributed by atoms with E-state index in [2.05, 4.69) is 0 Å². The van der Waals surface area contributed by atoms with Crippen molar-refractivity contribution in [1.29, 1.82) is 0 Å². The number of benzene rings is 1. The molecule has 0 atom stereocenters. The SMILES string of the molecule is CN(Cc1ccc(Cl)c(Cl)c1)C(=O)C1(CN)CCCC1.Cl. The van der Waals surface area contributed by atoms with Gasteiger partial charge < -0.3 is 10.6 Å². The molecule has 0 heterocycles. The second-order valence-electron chi connectivity index (χ2n) is 5.60. The van der Waals surface area contributed by atoms with Gasteiger partial charge in [0.25, 0.3) is 0 Å². The Morgan fingerprint density at radius 1 is 1.29 bits per heavy atom. The Morgan fingerprint density at radius 2 is 1.90 bits per heavy atom. The average Bonchev–Trinajstić information content (AvgIpc) is 2.92. The summed E-state index contributed by atoms with van der Waals surface area (Å²) in [5.74, 6) is 0.142. The molecule has 0 aliphatic heterocycles. The van der Waals surface area contributed by atoms with E-state index >= 15 is 0 Å². The molecule has 118 valence electrons. The molecule has 21 heavy (non-hydrogen) atoms. The number of nitrogens with zero attached hydrogens (tertiary/aromatic N) is 1. The van der Waals surface area contributed by atoms with Crippen LogP contribution in [0.4, 0.5) is 0 Å². The van der Waals surface area contributed by atoms with Crippen molar-refractivity contribution in [2.45, 2.75) is 32.2 Å². The van der Waals surface area contributed by atoms with Gasteiger partial charge in [0.15, 0.2) is 0 Å². The van der Waals surface area contributed by atoms with Crippen LogP contribution in [0.1, 0.15) is 31.2 Å². The molecule has 1 aromatic rings. The molecule has 1 aliphatic carbocycles. The quantitative estimate of drug-likeness (QED) is 0.894. The van der Waals surface area contributed by atoms with E-state index in [0.717, 1.165) is 31.2 Å². The number of halogens is 3. The monoisotopic (exact) mass is 350 g/mol. The van der Waals surface area contributed by atoms with E-state index in [9.17, 15) is 4.79 Å². The molecule has 1 aliphatic rings. The number of carbonyl (C=O) groups excluding carboxylic acids is 1. The van der Waals surface area contributed by atoms with E-state index in [1.807, 2.05) is 13.1 Å². The molecule has 1 saturated carbocycles. The number of nitrogens with two attached hydrogens (primary N) is 1. The van der Waals surface area contributed by atoms with Gasteiger partial charge in [0.05, 0.1) is 15.5 Å². The van der Waals surface area contributed by atoms with Crippen molar-refractivity contribution in [2.75, 3.05) is 13.6 Å². The van der Waals surface area contributed by atoms with Crippen molar-refractivity contribution < 1.29 is 4.79 Å². The first-order chi connectivity index (χ1) is 9.48. The maximum Gasteiger partial charge on any atom is 0.230 e. The average molecular weight is 352 g/mol. The van der Waals surface area contributed by atoms with E-state index in [-0.39, 0.29) is 23.7 Å². The van der Waals surface area contributed by atoms with Crippen LogP contribution in [0.25, 0.3) is 0 Å². The summed E-state index contributed by atoms with van der Waals surface area (Å²) < 4.78 is 0. The Bertz CT molecular complexity index is 502. The highest BCUT2D eigenvalue weighted by Gasteiger charge is 2.41. The molecule has 1 aromatic carbocycles. The molecule has 0 bridgehead atoms. The number of rotatable bonds is 4. The van der Waals surface area contributed by atoms with Crippen molar-refractivity contribution >= 4 is 41.5 Å². The fourth-order valence-electron chi connectivity index (χ4n) is 2.95. The number of carbonyl (C=O) groups is 1. The molecule has 0 unspecified atom stereocenters. The van der Waals surface area contributed by atoms with Gasteiger partial charge in [-0.05, 0) is 30.5 Å². The van der Waals surface area contributed by atoms with Crippen LogP contribution in [0.3, 0.4) is 0 Å². The third kappa shape index (κ3) is 4.04. The fourth-order valence-corrected chi connectivity index (χ4v) is 3.27. The van der Waals surface area contributed by atoms with Gasteiger partial charge in [-0.2, -0.15) is 0 Å². The lowest BCUT2D eigenvalue weighted by Crippen LogP contribution is -2.44. The highest BCUT2D eigenvalue weighted by molar-refractivity contribution is 6.42. The van der Waals surface area contributed by atoms with Crippen molar-refractivity contribution in [2.24, 2.45) is 11.1 Å². The summed E-state index contributed by atoms with van der Waals surface area (Å²) in [5, 5.41) is 1.04. The van der Waals surface area contributed by atoms with Gasteiger partial charge in [-0.3, -0.25) is 4.79 Å². The third-order valence-electron chi connectivity index (χ3n) is 4.16. The van der Waals surface area contributed by atoms with Crippen molar-refractivity contribution in [3.05, 3.63) is 33.8 Å². The summed E-state index contributed by atoms with van der Waals surface area (Å²) in [4.78, 5) is 14.4. The van der Waals surface area contributed by atoms with Crippen LogP contribution in [-0.2, 0) is 11.3 Å². The van der Waals surface area contributed by atoms with Crippen LogP contribution in [0.2, 0.25) is 10.0 Å². The summed E-state index contributed by atoms with van der Waals surface area (Å²) in [6.07, 6.45) is 3.97. The van der Waals surface area contributed by atoms with Crippen LogP contribution in [-0.4, -0.2) is 24.4 Å². The van der Waals surface area contributed by atoms with Crippen LogP contribution in [0, 0.1) is 5.41 Å². The molecule has 1 amide bonds. The summed E-state index contributed by atoms with van der Waals surface area (Å²) in [7, 11) is 1.82. The predicted molar refractivity (Wildman–Crippen MR) is 90.1 cm³/mol. The van der Waals surface area contributed by atoms with Crippen molar-refractivity contribution in [3.63, 3.8) is 0 Å². The van der Waals surface area contributed by atoms with Gasteiger partial charge in [-0.25, -0.2) is 0 Å². The third-order valence-corrected chi connectivity index (χ3v) is 4.89. The number of hydrogen-bond donors (Lipinski definition) is 1. The van der Waals surface area contributed by atoms with E-state index in [0.29, 0.717) is 23.1 Å². The predicted octanol–water partition coefficient (Wildman–Crippen LogP) is 3.89. The normalized spacial score (nSPS) is 16.4. The first-order valence-corrected chi connectivity index (χ1v) is 7.64. The Balaban J connectivity index is 0.00000220. The summed E-state index contributed by atoms with van der Waals surface area (Å²) in [6.45, 7) is 0.953. The largest absolute Gasteiger partial charge is 0.341 e. The van der Waals surface area contributed by atoms with Gasteiger partial charge >= 0.3 is 0 Å². The summed E-state index contributed by atoms with van der Waals surface area (Å²) in [5.41, 5.74) is 6.48. The van der Waals surface area contributed by atoms with Gasteiger partial charge in [-0.1, -0.05) is 42.1 Å². The zero-order chi connectivity index (χ0) is 14.8. The molecule has 2 N–H and O–H groups in total. The Hall–Kier alpha value is -0.480. The number of amides is 1. The highest BCUT2D eigenvalue weighted by atomic mass is 35.5. The Morgan fingerprint density at radius 3 is 2.43 bits per heavy atom. The molecule has 6 heteroatoms.